The number of piperazine rings is 1. The van der Waals surface area contributed by atoms with Crippen molar-refractivity contribution < 1.29 is 19.1 Å². The number of ether oxygens (including phenoxy) is 1. The van der Waals surface area contributed by atoms with Gasteiger partial charge >= 0.3 is 0 Å². The summed E-state index contributed by atoms with van der Waals surface area (Å²) in [6, 6.07) is 0. The van der Waals surface area contributed by atoms with E-state index in [1.165, 1.54) is 0 Å². The average molecular weight is 226 g/mol. The first-order valence-corrected chi connectivity index (χ1v) is 5.30. The zero-order valence-electron chi connectivity index (χ0n) is 8.90. The number of hydrogen-bond acceptors (Lipinski definition) is 5. The molecule has 2 fully saturated rings. The number of nitrogens with zero attached hydrogens (tertiary/aromatic N) is 1. The summed E-state index contributed by atoms with van der Waals surface area (Å²) in [7, 11) is 0. The molecule has 2 aliphatic rings. The molecule has 2 rings (SSSR count). The molecule has 0 aromatic rings. The van der Waals surface area contributed by atoms with Crippen molar-refractivity contribution in [1.29, 1.82) is 0 Å². The van der Waals surface area contributed by atoms with Gasteiger partial charge in [-0.15, -0.1) is 0 Å². The van der Waals surface area contributed by atoms with Gasteiger partial charge in [-0.1, -0.05) is 0 Å². The highest BCUT2D eigenvalue weighted by molar-refractivity contribution is 5.99. The Morgan fingerprint density at radius 1 is 1.38 bits per heavy atom. The predicted molar refractivity (Wildman–Crippen MR) is 53.5 cm³/mol. The van der Waals surface area contributed by atoms with Crippen LogP contribution in [0.3, 0.4) is 0 Å². The molecule has 0 aromatic carbocycles. The lowest BCUT2D eigenvalue weighted by Gasteiger charge is -2.25. The fourth-order valence-electron chi connectivity index (χ4n) is 1.95. The van der Waals surface area contributed by atoms with Crippen LogP contribution in [0.5, 0.6) is 0 Å². The van der Waals surface area contributed by atoms with Crippen LogP contribution in [-0.2, 0) is 19.1 Å². The van der Waals surface area contributed by atoms with Crippen molar-refractivity contribution in [2.45, 2.75) is 6.42 Å². The maximum absolute atomic E-state index is 11.8. The lowest BCUT2D eigenvalue weighted by molar-refractivity contribution is -0.137. The first kappa shape index (κ1) is 11.2. The summed E-state index contributed by atoms with van der Waals surface area (Å²) >= 11 is 0. The highest BCUT2D eigenvalue weighted by atomic mass is 16.5. The minimum Gasteiger partial charge on any atom is -0.381 e. The van der Waals surface area contributed by atoms with E-state index in [1.807, 2.05) is 0 Å². The topological polar surface area (TPSA) is 75.7 Å². The van der Waals surface area contributed by atoms with Gasteiger partial charge in [-0.3, -0.25) is 24.6 Å². The van der Waals surface area contributed by atoms with Gasteiger partial charge in [0.1, 0.15) is 0 Å². The number of carbonyl (C=O) groups is 3. The average Bonchev–Trinajstić information content (AvgIpc) is 2.68. The van der Waals surface area contributed by atoms with E-state index in [2.05, 4.69) is 5.32 Å². The van der Waals surface area contributed by atoms with Crippen molar-refractivity contribution in [3.8, 4) is 0 Å². The number of carbonyl (C=O) groups excluding carboxylic acids is 3. The van der Waals surface area contributed by atoms with E-state index in [4.69, 9.17) is 4.74 Å². The zero-order valence-corrected chi connectivity index (χ0v) is 8.90. The van der Waals surface area contributed by atoms with Gasteiger partial charge < -0.3 is 4.74 Å². The number of ketones is 1. The van der Waals surface area contributed by atoms with Gasteiger partial charge in [-0.05, 0) is 6.42 Å². The molecule has 2 heterocycles. The summed E-state index contributed by atoms with van der Waals surface area (Å²) < 4.78 is 5.12. The van der Waals surface area contributed by atoms with Crippen molar-refractivity contribution in [2.24, 2.45) is 5.92 Å². The van der Waals surface area contributed by atoms with E-state index in [1.54, 1.807) is 4.90 Å². The largest absolute Gasteiger partial charge is 0.381 e. The third-order valence-electron chi connectivity index (χ3n) is 2.78. The minimum absolute atomic E-state index is 0.0556. The zero-order chi connectivity index (χ0) is 11.5. The minimum atomic E-state index is -0.341. The fraction of sp³-hybridized carbons (Fsp3) is 0.700. The Morgan fingerprint density at radius 3 is 2.62 bits per heavy atom. The lowest BCUT2D eigenvalue weighted by Crippen LogP contribution is -2.53. The van der Waals surface area contributed by atoms with E-state index in [9.17, 15) is 14.4 Å². The number of amides is 2. The van der Waals surface area contributed by atoms with Gasteiger partial charge in [0.2, 0.25) is 11.8 Å². The number of imide groups is 1. The first-order valence-electron chi connectivity index (χ1n) is 5.30. The second-order valence-corrected chi connectivity index (χ2v) is 4.14. The molecule has 88 valence electrons. The van der Waals surface area contributed by atoms with Gasteiger partial charge in [0.05, 0.1) is 26.2 Å². The van der Waals surface area contributed by atoms with Crippen LogP contribution in [0, 0.1) is 5.92 Å². The van der Waals surface area contributed by atoms with Crippen molar-refractivity contribution in [1.82, 2.24) is 10.2 Å². The van der Waals surface area contributed by atoms with E-state index in [-0.39, 0.29) is 43.1 Å². The molecule has 2 aliphatic heterocycles. The molecule has 1 N–H and O–H groups in total. The van der Waals surface area contributed by atoms with Crippen LogP contribution in [0.2, 0.25) is 0 Å². The number of nitrogens with one attached hydrogen (secondary N) is 1. The quantitative estimate of drug-likeness (QED) is 0.596. The third-order valence-corrected chi connectivity index (χ3v) is 2.78. The van der Waals surface area contributed by atoms with E-state index >= 15 is 0 Å². The Balaban J connectivity index is 1.86. The number of rotatable bonds is 3. The van der Waals surface area contributed by atoms with Crippen LogP contribution in [0.15, 0.2) is 0 Å². The van der Waals surface area contributed by atoms with Gasteiger partial charge in [-0.25, -0.2) is 0 Å². The van der Waals surface area contributed by atoms with Crippen molar-refractivity contribution >= 4 is 17.6 Å². The fourth-order valence-corrected chi connectivity index (χ4v) is 1.95. The Labute approximate surface area is 92.9 Å². The van der Waals surface area contributed by atoms with Crippen LogP contribution in [0.25, 0.3) is 0 Å². The predicted octanol–water partition coefficient (Wildman–Crippen LogP) is -1.45. The third kappa shape index (κ3) is 2.65. The lowest BCUT2D eigenvalue weighted by atomic mass is 10.0. The molecule has 0 radical (unpaired) electrons. The SMILES string of the molecule is O=C1CN(CC(=O)C2CCOC2)CC(=O)N1. The van der Waals surface area contributed by atoms with E-state index in [0.717, 1.165) is 6.42 Å². The molecule has 0 aromatic heterocycles. The Hall–Kier alpha value is -1.27. The highest BCUT2D eigenvalue weighted by Crippen LogP contribution is 2.14. The molecular formula is C10H14N2O4. The summed E-state index contributed by atoms with van der Waals surface area (Å²) in [5.41, 5.74) is 0. The van der Waals surface area contributed by atoms with E-state index in [0.29, 0.717) is 13.2 Å². The normalized spacial score (nSPS) is 26.9. The molecule has 2 saturated heterocycles. The van der Waals surface area contributed by atoms with Crippen LogP contribution in [0.1, 0.15) is 6.42 Å². The van der Waals surface area contributed by atoms with Gasteiger partial charge in [0.25, 0.3) is 0 Å². The Morgan fingerprint density at radius 2 is 2.06 bits per heavy atom. The van der Waals surface area contributed by atoms with E-state index < -0.39 is 0 Å². The molecule has 6 heteroatoms. The molecule has 6 nitrogen and oxygen atoms in total. The standard InChI is InChI=1S/C10H14N2O4/c13-8(7-1-2-16-6-7)3-12-4-9(14)11-10(15)5-12/h7H,1-6H2,(H,11,14,15). The molecule has 1 atom stereocenters. The second-order valence-electron chi connectivity index (χ2n) is 4.14. The van der Waals surface area contributed by atoms with Gasteiger partial charge in [0, 0.05) is 12.5 Å². The summed E-state index contributed by atoms with van der Waals surface area (Å²) in [4.78, 5) is 35.5. The van der Waals surface area contributed by atoms with Crippen LogP contribution >= 0.6 is 0 Å². The maximum Gasteiger partial charge on any atom is 0.240 e. The van der Waals surface area contributed by atoms with Crippen LogP contribution < -0.4 is 5.32 Å². The highest BCUT2D eigenvalue weighted by Gasteiger charge is 2.28. The van der Waals surface area contributed by atoms with Crippen LogP contribution in [0.4, 0.5) is 0 Å². The van der Waals surface area contributed by atoms with Crippen molar-refractivity contribution in [3.63, 3.8) is 0 Å². The molecule has 1 unspecified atom stereocenters. The molecule has 2 amide bonds. The molecule has 0 bridgehead atoms. The smallest absolute Gasteiger partial charge is 0.240 e. The van der Waals surface area contributed by atoms with Crippen LogP contribution in [-0.4, -0.2) is 55.3 Å². The monoisotopic (exact) mass is 226 g/mol. The van der Waals surface area contributed by atoms with Crippen molar-refractivity contribution in [2.75, 3.05) is 32.8 Å². The summed E-state index contributed by atoms with van der Waals surface area (Å²) in [5, 5.41) is 2.20. The van der Waals surface area contributed by atoms with Gasteiger partial charge in [-0.2, -0.15) is 0 Å². The first-order chi connectivity index (χ1) is 7.65. The molecule has 0 spiro atoms. The molecular weight excluding hydrogens is 212 g/mol. The maximum atomic E-state index is 11.8. The second kappa shape index (κ2) is 4.71. The Bertz CT molecular complexity index is 307. The number of hydrogen-bond donors (Lipinski definition) is 1. The molecule has 16 heavy (non-hydrogen) atoms. The summed E-state index contributed by atoms with van der Waals surface area (Å²) in [6.07, 6.45) is 0.743. The van der Waals surface area contributed by atoms with Crippen molar-refractivity contribution in [3.05, 3.63) is 0 Å². The number of Topliss-reactive ketones (excluding diaryl/α,β-unsaturated/α-hetero) is 1. The summed E-state index contributed by atoms with van der Waals surface area (Å²) in [5.74, 6) is -0.696. The van der Waals surface area contributed by atoms with Gasteiger partial charge in [0.15, 0.2) is 5.78 Å². The molecule has 0 saturated carbocycles. The summed E-state index contributed by atoms with van der Waals surface area (Å²) in [6.45, 7) is 1.48. The Kier molecular flexibility index (Phi) is 3.31. The molecule has 0 aliphatic carbocycles.